The summed E-state index contributed by atoms with van der Waals surface area (Å²) in [6.07, 6.45) is 15.0. The van der Waals surface area contributed by atoms with Crippen LogP contribution in [0.15, 0.2) is 72.8 Å². The normalized spacial score (nSPS) is 21.2. The summed E-state index contributed by atoms with van der Waals surface area (Å²) in [4.78, 5) is 13.2. The third kappa shape index (κ3) is 5.12. The van der Waals surface area contributed by atoms with E-state index in [1.165, 1.54) is 71.0 Å². The molecule has 3 aromatic carbocycles. The molecule has 0 aromatic heterocycles. The number of ketones is 1. The van der Waals surface area contributed by atoms with E-state index >= 15 is 0 Å². The molecular formula is C35H42O. The Balaban J connectivity index is 0.00000104. The van der Waals surface area contributed by atoms with Crippen LogP contribution >= 0.6 is 0 Å². The van der Waals surface area contributed by atoms with Crippen LogP contribution in [0.4, 0.5) is 0 Å². The lowest BCUT2D eigenvalue weighted by Crippen LogP contribution is -2.25. The van der Waals surface area contributed by atoms with Crippen LogP contribution in [0.2, 0.25) is 0 Å². The predicted molar refractivity (Wildman–Crippen MR) is 154 cm³/mol. The first-order valence-corrected chi connectivity index (χ1v) is 14.3. The highest BCUT2D eigenvalue weighted by molar-refractivity contribution is 6.02. The monoisotopic (exact) mass is 478 g/mol. The molecule has 1 fully saturated rings. The Morgan fingerprint density at radius 3 is 2.31 bits per heavy atom. The Hall–Kier alpha value is -2.93. The quantitative estimate of drug-likeness (QED) is 0.365. The van der Waals surface area contributed by atoms with Crippen LogP contribution in [0.25, 0.3) is 6.08 Å². The molecule has 2 atom stereocenters. The second-order valence-corrected chi connectivity index (χ2v) is 10.6. The van der Waals surface area contributed by atoms with Gasteiger partial charge in [0.2, 0.25) is 0 Å². The van der Waals surface area contributed by atoms with Gasteiger partial charge in [-0.2, -0.15) is 0 Å². The minimum atomic E-state index is -0.0601. The molecule has 0 N–H and O–H groups in total. The summed E-state index contributed by atoms with van der Waals surface area (Å²) in [7, 11) is 0. The van der Waals surface area contributed by atoms with Crippen molar-refractivity contribution in [1.82, 2.24) is 0 Å². The van der Waals surface area contributed by atoms with Gasteiger partial charge in [-0.1, -0.05) is 106 Å². The van der Waals surface area contributed by atoms with Crippen molar-refractivity contribution in [3.8, 4) is 0 Å². The van der Waals surface area contributed by atoms with Gasteiger partial charge in [0, 0.05) is 1.43 Å². The molecule has 0 radical (unpaired) electrons. The third-order valence-electron chi connectivity index (χ3n) is 8.50. The van der Waals surface area contributed by atoms with E-state index in [1.54, 1.807) is 0 Å². The fraction of sp³-hybridized carbons (Fsp3) is 0.400. The average molecular weight is 479 g/mol. The second-order valence-electron chi connectivity index (χ2n) is 10.6. The predicted octanol–water partition coefficient (Wildman–Crippen LogP) is 9.40. The molecule has 6 rings (SSSR count). The highest BCUT2D eigenvalue weighted by Gasteiger charge is 2.35. The summed E-state index contributed by atoms with van der Waals surface area (Å²) < 4.78 is 0. The molecule has 1 unspecified atom stereocenters. The maximum atomic E-state index is 13.2. The fourth-order valence-electron chi connectivity index (χ4n) is 6.72. The molecule has 1 saturated carbocycles. The summed E-state index contributed by atoms with van der Waals surface area (Å²) in [5.41, 5.74) is 9.43. The van der Waals surface area contributed by atoms with Crippen LogP contribution < -0.4 is 0 Å². The minimum Gasteiger partial charge on any atom is -0.294 e. The lowest BCUT2D eigenvalue weighted by Gasteiger charge is -2.33. The van der Waals surface area contributed by atoms with Gasteiger partial charge >= 0.3 is 0 Å². The molecule has 0 aliphatic heterocycles. The topological polar surface area (TPSA) is 17.1 Å². The Labute approximate surface area is 219 Å². The van der Waals surface area contributed by atoms with E-state index in [1.807, 2.05) is 26.0 Å². The van der Waals surface area contributed by atoms with Crippen molar-refractivity contribution in [3.63, 3.8) is 0 Å². The number of benzene rings is 3. The Bertz CT molecular complexity index is 1220. The van der Waals surface area contributed by atoms with Gasteiger partial charge in [-0.05, 0) is 95.4 Å². The number of carbonyl (C=O) groups is 1. The molecule has 36 heavy (non-hydrogen) atoms. The van der Waals surface area contributed by atoms with Crippen LogP contribution in [0.5, 0.6) is 0 Å². The van der Waals surface area contributed by atoms with E-state index in [0.29, 0.717) is 0 Å². The van der Waals surface area contributed by atoms with Gasteiger partial charge in [0.15, 0.2) is 5.78 Å². The molecule has 188 valence electrons. The van der Waals surface area contributed by atoms with Gasteiger partial charge in [-0.15, -0.1) is 0 Å². The lowest BCUT2D eigenvalue weighted by molar-refractivity contribution is -0.116. The van der Waals surface area contributed by atoms with Crippen molar-refractivity contribution in [2.45, 2.75) is 89.4 Å². The zero-order valence-electron chi connectivity index (χ0n) is 22.0. The average Bonchev–Trinajstić information content (AvgIpc) is 2.95. The van der Waals surface area contributed by atoms with Crippen LogP contribution in [0, 0.1) is 0 Å². The minimum absolute atomic E-state index is 0. The molecule has 3 aliphatic carbocycles. The number of carbonyl (C=O) groups excluding carboxylic acids is 1. The van der Waals surface area contributed by atoms with Gasteiger partial charge in [0.1, 0.15) is 0 Å². The van der Waals surface area contributed by atoms with Crippen molar-refractivity contribution >= 4 is 11.9 Å². The molecule has 1 heteroatoms. The van der Waals surface area contributed by atoms with Gasteiger partial charge in [-0.25, -0.2) is 0 Å². The SMILES string of the molecule is CC.O=C1C=Cc2ccc(Cc3ccc(C4CCCCC4)cc3)cc2C1[C@H]1CCCc2ccccc21.[HH]. The summed E-state index contributed by atoms with van der Waals surface area (Å²) in [6.45, 7) is 4.00. The summed E-state index contributed by atoms with van der Waals surface area (Å²) in [6, 6.07) is 24.9. The number of hydrogen-bond donors (Lipinski definition) is 0. The fourth-order valence-corrected chi connectivity index (χ4v) is 6.72. The first-order valence-electron chi connectivity index (χ1n) is 14.3. The number of fused-ring (bicyclic) bond motifs is 2. The number of allylic oxidation sites excluding steroid dienone is 1. The first-order chi connectivity index (χ1) is 17.8. The Morgan fingerprint density at radius 1 is 0.750 bits per heavy atom. The summed E-state index contributed by atoms with van der Waals surface area (Å²) in [5, 5.41) is 0. The third-order valence-corrected chi connectivity index (χ3v) is 8.50. The Morgan fingerprint density at radius 2 is 1.50 bits per heavy atom. The number of aryl methyl sites for hydroxylation is 1. The van der Waals surface area contributed by atoms with Crippen molar-refractivity contribution < 1.29 is 6.22 Å². The highest BCUT2D eigenvalue weighted by atomic mass is 16.1. The van der Waals surface area contributed by atoms with E-state index < -0.39 is 0 Å². The van der Waals surface area contributed by atoms with Crippen molar-refractivity contribution in [2.75, 3.05) is 0 Å². The van der Waals surface area contributed by atoms with E-state index in [-0.39, 0.29) is 19.0 Å². The number of rotatable bonds is 4. The van der Waals surface area contributed by atoms with Crippen LogP contribution in [0.1, 0.15) is 117 Å². The van der Waals surface area contributed by atoms with E-state index in [0.717, 1.165) is 31.6 Å². The molecule has 3 aliphatic rings. The van der Waals surface area contributed by atoms with Gasteiger partial charge in [0.25, 0.3) is 0 Å². The van der Waals surface area contributed by atoms with Crippen LogP contribution in [0.3, 0.4) is 0 Å². The van der Waals surface area contributed by atoms with Crippen molar-refractivity contribution in [1.29, 1.82) is 0 Å². The number of hydrogen-bond acceptors (Lipinski definition) is 1. The van der Waals surface area contributed by atoms with Crippen molar-refractivity contribution in [3.05, 3.63) is 112 Å². The molecule has 0 heterocycles. The summed E-state index contributed by atoms with van der Waals surface area (Å²) in [5.74, 6) is 1.24. The molecule has 0 amide bonds. The largest absolute Gasteiger partial charge is 0.294 e. The zero-order chi connectivity index (χ0) is 24.9. The van der Waals surface area contributed by atoms with Crippen LogP contribution in [-0.4, -0.2) is 5.78 Å². The molecule has 0 saturated heterocycles. The maximum absolute atomic E-state index is 13.2. The zero-order valence-corrected chi connectivity index (χ0v) is 22.0. The van der Waals surface area contributed by atoms with Crippen molar-refractivity contribution in [2.24, 2.45) is 0 Å². The van der Waals surface area contributed by atoms with E-state index in [4.69, 9.17) is 0 Å². The van der Waals surface area contributed by atoms with Gasteiger partial charge in [0.05, 0.1) is 5.92 Å². The van der Waals surface area contributed by atoms with Gasteiger partial charge in [-0.3, -0.25) is 4.79 Å². The maximum Gasteiger partial charge on any atom is 0.163 e. The second kappa shape index (κ2) is 11.4. The van der Waals surface area contributed by atoms with Crippen LogP contribution in [-0.2, 0) is 17.6 Å². The lowest BCUT2D eigenvalue weighted by atomic mass is 9.69. The molecule has 0 spiro atoms. The molecule has 0 bridgehead atoms. The van der Waals surface area contributed by atoms with Gasteiger partial charge < -0.3 is 0 Å². The highest BCUT2D eigenvalue weighted by Crippen LogP contribution is 2.45. The standard InChI is InChI=1S/C33H34O.C2H6.H2/c34-32-20-19-28-18-15-24(21-23-13-16-26(17-14-23)25-7-2-1-3-8-25)22-31(28)33(32)30-12-6-10-27-9-4-5-11-29(27)30;1-2;/h4-5,9,11,13-20,22,25,30,33H,1-3,6-8,10,12,21H2;1-2H3;1H/t30-,33?;;/m0../s1. The molecule has 1 nitrogen and oxygen atoms in total. The summed E-state index contributed by atoms with van der Waals surface area (Å²) >= 11 is 0. The Kier molecular flexibility index (Phi) is 7.85. The molecular weight excluding hydrogens is 436 g/mol. The first kappa shape index (κ1) is 24.8. The van der Waals surface area contributed by atoms with E-state index in [9.17, 15) is 4.79 Å². The van der Waals surface area contributed by atoms with E-state index in [2.05, 4.69) is 66.7 Å². The smallest absolute Gasteiger partial charge is 0.163 e. The molecule has 3 aromatic rings.